The summed E-state index contributed by atoms with van der Waals surface area (Å²) in [6.07, 6.45) is 1.77. The molecule has 23 heavy (non-hydrogen) atoms. The summed E-state index contributed by atoms with van der Waals surface area (Å²) < 4.78 is 5.62. The number of cyclic esters (lactones) is 1. The average Bonchev–Trinajstić information content (AvgIpc) is 2.90. The lowest BCUT2D eigenvalue weighted by Gasteiger charge is -2.16. The van der Waals surface area contributed by atoms with Crippen LogP contribution < -0.4 is 0 Å². The van der Waals surface area contributed by atoms with Crippen molar-refractivity contribution in [3.05, 3.63) is 88.5 Å². The SMILES string of the molecule is CC1=C(/C(=C/c2ccccc2)CBr)C(c2ccccc2)OC1=O. The Morgan fingerprint density at radius 3 is 2.30 bits per heavy atom. The zero-order chi connectivity index (χ0) is 16.2. The van der Waals surface area contributed by atoms with Gasteiger partial charge in [-0.25, -0.2) is 4.79 Å². The van der Waals surface area contributed by atoms with Crippen LogP contribution in [-0.4, -0.2) is 11.3 Å². The number of rotatable bonds is 4. The lowest BCUT2D eigenvalue weighted by molar-refractivity contribution is -0.139. The maximum Gasteiger partial charge on any atom is 0.335 e. The van der Waals surface area contributed by atoms with Crippen molar-refractivity contribution in [2.24, 2.45) is 0 Å². The van der Waals surface area contributed by atoms with Gasteiger partial charge in [0, 0.05) is 16.5 Å². The minimum absolute atomic E-state index is 0.242. The van der Waals surface area contributed by atoms with E-state index in [0.717, 1.165) is 22.3 Å². The monoisotopic (exact) mass is 368 g/mol. The maximum absolute atomic E-state index is 12.1. The van der Waals surface area contributed by atoms with Crippen molar-refractivity contribution < 1.29 is 9.53 Å². The van der Waals surface area contributed by atoms with Crippen molar-refractivity contribution in [1.29, 1.82) is 0 Å². The van der Waals surface area contributed by atoms with E-state index in [9.17, 15) is 4.79 Å². The standard InChI is InChI=1S/C20H17BrO2/c1-14-18(17(13-21)12-15-8-4-2-5-9-15)19(23-20(14)22)16-10-6-3-7-11-16/h2-12,19H,13H2,1H3/b17-12+. The number of benzene rings is 2. The van der Waals surface area contributed by atoms with Gasteiger partial charge >= 0.3 is 5.97 Å². The number of hydrogen-bond donors (Lipinski definition) is 0. The van der Waals surface area contributed by atoms with Gasteiger partial charge in [-0.1, -0.05) is 82.7 Å². The highest BCUT2D eigenvalue weighted by Gasteiger charge is 2.34. The summed E-state index contributed by atoms with van der Waals surface area (Å²) in [6, 6.07) is 20.0. The van der Waals surface area contributed by atoms with Crippen molar-refractivity contribution >= 4 is 28.0 Å². The molecule has 116 valence electrons. The number of hydrogen-bond acceptors (Lipinski definition) is 2. The minimum atomic E-state index is -0.337. The highest BCUT2D eigenvalue weighted by molar-refractivity contribution is 9.09. The number of esters is 1. The highest BCUT2D eigenvalue weighted by atomic mass is 79.9. The van der Waals surface area contributed by atoms with E-state index in [1.54, 1.807) is 0 Å². The first-order chi connectivity index (χ1) is 11.2. The van der Waals surface area contributed by atoms with E-state index in [2.05, 4.69) is 22.0 Å². The lowest BCUT2D eigenvalue weighted by atomic mass is 9.93. The van der Waals surface area contributed by atoms with Crippen LogP contribution in [0.5, 0.6) is 0 Å². The molecule has 1 heterocycles. The van der Waals surface area contributed by atoms with Gasteiger partial charge < -0.3 is 4.74 Å². The molecule has 0 bridgehead atoms. The molecule has 0 spiro atoms. The zero-order valence-corrected chi connectivity index (χ0v) is 14.4. The Labute approximate surface area is 144 Å². The average molecular weight is 369 g/mol. The predicted octanol–water partition coefficient (Wildman–Crippen LogP) is 5.08. The van der Waals surface area contributed by atoms with E-state index >= 15 is 0 Å². The van der Waals surface area contributed by atoms with Gasteiger partial charge in [0.1, 0.15) is 0 Å². The van der Waals surface area contributed by atoms with Gasteiger partial charge in [0.15, 0.2) is 6.10 Å². The van der Waals surface area contributed by atoms with E-state index < -0.39 is 0 Å². The van der Waals surface area contributed by atoms with Gasteiger partial charge in [-0.15, -0.1) is 0 Å². The fraction of sp³-hybridized carbons (Fsp3) is 0.150. The molecule has 0 N–H and O–H groups in total. The highest BCUT2D eigenvalue weighted by Crippen LogP contribution is 2.40. The molecule has 1 unspecified atom stereocenters. The summed E-state index contributed by atoms with van der Waals surface area (Å²) in [5.74, 6) is -0.242. The molecule has 3 rings (SSSR count). The van der Waals surface area contributed by atoms with Crippen LogP contribution in [0.1, 0.15) is 24.2 Å². The third-order valence-electron chi connectivity index (χ3n) is 3.93. The zero-order valence-electron chi connectivity index (χ0n) is 12.8. The molecule has 0 saturated heterocycles. The number of ether oxygens (including phenoxy) is 1. The molecule has 2 aromatic carbocycles. The molecule has 1 aliphatic heterocycles. The quantitative estimate of drug-likeness (QED) is 0.555. The number of carbonyl (C=O) groups is 1. The molecule has 2 aromatic rings. The maximum atomic E-state index is 12.1. The molecule has 0 radical (unpaired) electrons. The molecule has 0 aromatic heterocycles. The molecule has 1 atom stereocenters. The van der Waals surface area contributed by atoms with Crippen molar-refractivity contribution in [1.82, 2.24) is 0 Å². The summed E-state index contributed by atoms with van der Waals surface area (Å²) in [6.45, 7) is 1.84. The summed E-state index contributed by atoms with van der Waals surface area (Å²) in [5, 5.41) is 0.661. The van der Waals surface area contributed by atoms with Crippen LogP contribution in [0.15, 0.2) is 77.4 Å². The summed E-state index contributed by atoms with van der Waals surface area (Å²) in [5.41, 5.74) is 4.80. The molecule has 3 heteroatoms. The van der Waals surface area contributed by atoms with Gasteiger partial charge in [-0.2, -0.15) is 0 Å². The molecule has 0 aliphatic carbocycles. The van der Waals surface area contributed by atoms with Crippen LogP contribution in [0.25, 0.3) is 6.08 Å². The van der Waals surface area contributed by atoms with Crippen LogP contribution in [0.4, 0.5) is 0 Å². The first-order valence-corrected chi connectivity index (χ1v) is 8.61. The number of halogens is 1. The summed E-state index contributed by atoms with van der Waals surface area (Å²) in [4.78, 5) is 12.1. The predicted molar refractivity (Wildman–Crippen MR) is 96.2 cm³/mol. The van der Waals surface area contributed by atoms with E-state index in [1.165, 1.54) is 0 Å². The largest absolute Gasteiger partial charge is 0.449 e. The minimum Gasteiger partial charge on any atom is -0.449 e. The Bertz CT molecular complexity index is 761. The van der Waals surface area contributed by atoms with E-state index in [0.29, 0.717) is 10.9 Å². The normalized spacial score (nSPS) is 18.3. The molecule has 1 aliphatic rings. The third kappa shape index (κ3) is 3.30. The van der Waals surface area contributed by atoms with Gasteiger partial charge in [0.05, 0.1) is 0 Å². The van der Waals surface area contributed by atoms with Crippen LogP contribution in [0.2, 0.25) is 0 Å². The Morgan fingerprint density at radius 2 is 1.70 bits per heavy atom. The molecular formula is C20H17BrO2. The van der Waals surface area contributed by atoms with Crippen LogP contribution in [0, 0.1) is 0 Å². The Morgan fingerprint density at radius 1 is 1.09 bits per heavy atom. The number of carbonyl (C=O) groups excluding carboxylic acids is 1. The summed E-state index contributed by atoms with van der Waals surface area (Å²) >= 11 is 3.56. The van der Waals surface area contributed by atoms with Crippen molar-refractivity contribution in [2.45, 2.75) is 13.0 Å². The van der Waals surface area contributed by atoms with E-state index in [-0.39, 0.29) is 12.1 Å². The second-order valence-corrected chi connectivity index (χ2v) is 6.01. The topological polar surface area (TPSA) is 26.3 Å². The fourth-order valence-corrected chi connectivity index (χ4v) is 3.24. The second kappa shape index (κ2) is 6.97. The molecule has 0 saturated carbocycles. The van der Waals surface area contributed by atoms with Crippen LogP contribution in [0.3, 0.4) is 0 Å². The molecular weight excluding hydrogens is 352 g/mol. The Kier molecular flexibility index (Phi) is 4.77. The third-order valence-corrected chi connectivity index (χ3v) is 4.53. The molecule has 2 nitrogen and oxygen atoms in total. The van der Waals surface area contributed by atoms with E-state index in [1.807, 2.05) is 67.6 Å². The molecule has 0 fully saturated rings. The van der Waals surface area contributed by atoms with Crippen molar-refractivity contribution in [2.75, 3.05) is 5.33 Å². The Balaban J connectivity index is 2.06. The van der Waals surface area contributed by atoms with E-state index in [4.69, 9.17) is 4.74 Å². The first-order valence-electron chi connectivity index (χ1n) is 7.49. The smallest absolute Gasteiger partial charge is 0.335 e. The van der Waals surface area contributed by atoms with Gasteiger partial charge in [0.25, 0.3) is 0 Å². The fourth-order valence-electron chi connectivity index (χ4n) is 2.77. The van der Waals surface area contributed by atoms with Crippen LogP contribution in [-0.2, 0) is 9.53 Å². The second-order valence-electron chi connectivity index (χ2n) is 5.45. The van der Waals surface area contributed by atoms with Gasteiger partial charge in [0.2, 0.25) is 0 Å². The van der Waals surface area contributed by atoms with Crippen molar-refractivity contribution in [3.8, 4) is 0 Å². The summed E-state index contributed by atoms with van der Waals surface area (Å²) in [7, 11) is 0. The Hall–Kier alpha value is -2.13. The number of alkyl halides is 1. The van der Waals surface area contributed by atoms with Gasteiger partial charge in [-0.05, 0) is 23.6 Å². The molecule has 0 amide bonds. The lowest BCUT2D eigenvalue weighted by Crippen LogP contribution is -2.05. The van der Waals surface area contributed by atoms with Crippen molar-refractivity contribution in [3.63, 3.8) is 0 Å². The van der Waals surface area contributed by atoms with Crippen LogP contribution >= 0.6 is 15.9 Å². The van der Waals surface area contributed by atoms with Gasteiger partial charge in [-0.3, -0.25) is 0 Å². The first kappa shape index (κ1) is 15.8.